The fourth-order valence-electron chi connectivity index (χ4n) is 2.83. The molecule has 2 N–H and O–H groups in total. The molecule has 0 saturated carbocycles. The minimum atomic E-state index is -0.563. The number of likely N-dealkylation sites (N-methyl/N-ethyl adjacent to an activating group) is 1. The summed E-state index contributed by atoms with van der Waals surface area (Å²) in [5, 5.41) is 14.0. The first-order valence-corrected chi connectivity index (χ1v) is 8.78. The third-order valence-corrected chi connectivity index (χ3v) is 5.18. The van der Waals surface area contributed by atoms with Gasteiger partial charge >= 0.3 is 11.8 Å². The minimum absolute atomic E-state index is 0.0540. The van der Waals surface area contributed by atoms with Crippen LogP contribution < -0.4 is 5.32 Å². The summed E-state index contributed by atoms with van der Waals surface area (Å²) in [6, 6.07) is 4.06. The fourth-order valence-corrected chi connectivity index (χ4v) is 3.75. The van der Waals surface area contributed by atoms with Crippen molar-refractivity contribution in [1.29, 1.82) is 0 Å². The molecule has 0 unspecified atom stereocenters. The van der Waals surface area contributed by atoms with Gasteiger partial charge in [-0.1, -0.05) is 6.07 Å². The van der Waals surface area contributed by atoms with Crippen LogP contribution >= 0.6 is 11.3 Å². The molecule has 2 heterocycles. The normalized spacial score (nSPS) is 19.7. The van der Waals surface area contributed by atoms with Gasteiger partial charge in [-0.3, -0.25) is 9.59 Å². The van der Waals surface area contributed by atoms with E-state index in [1.54, 1.807) is 16.2 Å². The molecule has 6 nitrogen and oxygen atoms in total. The van der Waals surface area contributed by atoms with Gasteiger partial charge in [0.1, 0.15) is 0 Å². The Morgan fingerprint density at radius 3 is 2.91 bits per heavy atom. The Bertz CT molecular complexity index is 519. The molecule has 0 spiro atoms. The van der Waals surface area contributed by atoms with Crippen molar-refractivity contribution >= 4 is 23.2 Å². The Kier molecular flexibility index (Phi) is 6.56. The van der Waals surface area contributed by atoms with Crippen molar-refractivity contribution in [2.45, 2.75) is 18.9 Å². The largest absolute Gasteiger partial charge is 0.396 e. The van der Waals surface area contributed by atoms with E-state index in [0.717, 1.165) is 17.7 Å². The van der Waals surface area contributed by atoms with Gasteiger partial charge < -0.3 is 20.2 Å². The molecule has 1 aromatic heterocycles. The maximum absolute atomic E-state index is 12.2. The van der Waals surface area contributed by atoms with Crippen molar-refractivity contribution in [1.82, 2.24) is 15.1 Å². The smallest absolute Gasteiger partial charge is 0.311 e. The summed E-state index contributed by atoms with van der Waals surface area (Å²) in [5.41, 5.74) is 0. The zero-order valence-corrected chi connectivity index (χ0v) is 14.5. The second kappa shape index (κ2) is 8.42. The summed E-state index contributed by atoms with van der Waals surface area (Å²) in [6.07, 6.45) is 1.74. The maximum atomic E-state index is 12.2. The van der Waals surface area contributed by atoms with Crippen LogP contribution in [0.1, 0.15) is 23.8 Å². The van der Waals surface area contributed by atoms with Crippen LogP contribution in [-0.2, 0) is 9.59 Å². The number of likely N-dealkylation sites (tertiary alicyclic amines) is 1. The van der Waals surface area contributed by atoms with Crippen molar-refractivity contribution in [3.8, 4) is 0 Å². The number of piperidine rings is 1. The second-order valence-corrected chi connectivity index (χ2v) is 7.13. The lowest BCUT2D eigenvalue weighted by molar-refractivity contribution is -0.147. The average molecular weight is 339 g/mol. The van der Waals surface area contributed by atoms with E-state index < -0.39 is 11.8 Å². The molecule has 1 aliphatic heterocycles. The van der Waals surface area contributed by atoms with Crippen LogP contribution in [-0.4, -0.2) is 67.1 Å². The fraction of sp³-hybridized carbons (Fsp3) is 0.625. The van der Waals surface area contributed by atoms with Crippen LogP contribution in [0.3, 0.4) is 0 Å². The molecular weight excluding hydrogens is 314 g/mol. The van der Waals surface area contributed by atoms with E-state index in [1.165, 1.54) is 0 Å². The van der Waals surface area contributed by atoms with Gasteiger partial charge in [0.25, 0.3) is 0 Å². The third kappa shape index (κ3) is 4.76. The molecule has 1 aliphatic rings. The Morgan fingerprint density at radius 1 is 1.52 bits per heavy atom. The molecule has 1 aromatic rings. The van der Waals surface area contributed by atoms with Crippen LogP contribution in [0.4, 0.5) is 0 Å². The summed E-state index contributed by atoms with van der Waals surface area (Å²) >= 11 is 1.63. The lowest BCUT2D eigenvalue weighted by Gasteiger charge is -2.31. The van der Waals surface area contributed by atoms with Crippen molar-refractivity contribution in [3.05, 3.63) is 22.4 Å². The van der Waals surface area contributed by atoms with Crippen LogP contribution in [0.15, 0.2) is 17.5 Å². The Morgan fingerprint density at radius 2 is 2.30 bits per heavy atom. The number of hydrogen-bond acceptors (Lipinski definition) is 5. The van der Waals surface area contributed by atoms with Gasteiger partial charge in [0.15, 0.2) is 0 Å². The molecular formula is C16H25N3O3S. The number of hydrogen-bond donors (Lipinski definition) is 2. The minimum Gasteiger partial charge on any atom is -0.396 e. The summed E-state index contributed by atoms with van der Waals surface area (Å²) in [7, 11) is 3.91. The molecule has 0 bridgehead atoms. The van der Waals surface area contributed by atoms with Gasteiger partial charge in [-0.25, -0.2) is 0 Å². The zero-order chi connectivity index (χ0) is 16.8. The number of carbonyl (C=O) groups is 2. The van der Waals surface area contributed by atoms with Gasteiger partial charge in [0.05, 0.1) is 6.04 Å². The number of aliphatic hydroxyl groups is 1. The molecule has 2 atom stereocenters. The summed E-state index contributed by atoms with van der Waals surface area (Å²) in [6.45, 7) is 1.51. The molecule has 0 aliphatic carbocycles. The van der Waals surface area contributed by atoms with Crippen LogP contribution in [0, 0.1) is 5.92 Å². The quantitative estimate of drug-likeness (QED) is 0.775. The highest BCUT2D eigenvalue weighted by Crippen LogP contribution is 2.22. The Balaban J connectivity index is 1.89. The van der Waals surface area contributed by atoms with E-state index in [9.17, 15) is 14.7 Å². The van der Waals surface area contributed by atoms with E-state index in [-0.39, 0.29) is 18.6 Å². The lowest BCUT2D eigenvalue weighted by atomic mass is 9.99. The number of thiophene rings is 1. The molecule has 0 aromatic carbocycles. The molecule has 2 rings (SSSR count). The third-order valence-electron chi connectivity index (χ3n) is 4.21. The first-order chi connectivity index (χ1) is 11.0. The van der Waals surface area contributed by atoms with E-state index in [0.29, 0.717) is 19.6 Å². The maximum Gasteiger partial charge on any atom is 0.311 e. The number of carbonyl (C=O) groups excluding carboxylic acids is 2. The number of nitrogens with zero attached hydrogens (tertiary/aromatic N) is 2. The molecule has 7 heteroatoms. The van der Waals surface area contributed by atoms with Crippen molar-refractivity contribution in [2.24, 2.45) is 5.92 Å². The summed E-state index contributed by atoms with van der Waals surface area (Å²) < 4.78 is 0. The van der Waals surface area contributed by atoms with Gasteiger partial charge in [-0.2, -0.15) is 0 Å². The predicted octanol–water partition coefficient (Wildman–Crippen LogP) is 0.698. The van der Waals surface area contributed by atoms with Crippen LogP contribution in [0.5, 0.6) is 0 Å². The van der Waals surface area contributed by atoms with Gasteiger partial charge in [-0.15, -0.1) is 11.3 Å². The molecule has 1 fully saturated rings. The second-order valence-electron chi connectivity index (χ2n) is 6.15. The Labute approximate surface area is 141 Å². The van der Waals surface area contributed by atoms with E-state index >= 15 is 0 Å². The first-order valence-electron chi connectivity index (χ1n) is 7.90. The van der Waals surface area contributed by atoms with Gasteiger partial charge in [0, 0.05) is 31.1 Å². The lowest BCUT2D eigenvalue weighted by Crippen LogP contribution is -2.48. The molecule has 23 heavy (non-hydrogen) atoms. The van der Waals surface area contributed by atoms with Crippen molar-refractivity contribution < 1.29 is 14.7 Å². The van der Waals surface area contributed by atoms with Gasteiger partial charge in [-0.05, 0) is 44.3 Å². The monoisotopic (exact) mass is 339 g/mol. The number of amides is 2. The average Bonchev–Trinajstić information content (AvgIpc) is 3.08. The highest BCUT2D eigenvalue weighted by atomic mass is 32.1. The number of rotatable bonds is 5. The molecule has 1 saturated heterocycles. The van der Waals surface area contributed by atoms with Crippen molar-refractivity contribution in [2.75, 3.05) is 40.3 Å². The van der Waals surface area contributed by atoms with Crippen LogP contribution in [0.25, 0.3) is 0 Å². The molecule has 2 amide bonds. The highest BCUT2D eigenvalue weighted by molar-refractivity contribution is 7.10. The summed E-state index contributed by atoms with van der Waals surface area (Å²) in [4.78, 5) is 29.1. The van der Waals surface area contributed by atoms with Crippen LogP contribution in [0.2, 0.25) is 0 Å². The van der Waals surface area contributed by atoms with Crippen molar-refractivity contribution in [3.63, 3.8) is 0 Å². The van der Waals surface area contributed by atoms with E-state index in [4.69, 9.17) is 0 Å². The predicted molar refractivity (Wildman–Crippen MR) is 90.1 cm³/mol. The molecule has 128 valence electrons. The number of aliphatic hydroxyl groups excluding tert-OH is 1. The topological polar surface area (TPSA) is 72.9 Å². The zero-order valence-electron chi connectivity index (χ0n) is 13.7. The molecule has 0 radical (unpaired) electrons. The first kappa shape index (κ1) is 17.9. The van der Waals surface area contributed by atoms with E-state index in [1.807, 2.05) is 36.5 Å². The number of nitrogens with one attached hydrogen (secondary N) is 1. The standard InChI is InChI=1S/C16H25N3O3S/c1-18(2)13(14-6-4-8-23-14)9-17-15(21)16(22)19-7-3-5-12(10-19)11-20/h4,6,8,12-13,20H,3,5,7,9-11H2,1-2H3,(H,17,21)/t12-,13-/m0/s1. The van der Waals surface area contributed by atoms with Gasteiger partial charge in [0.2, 0.25) is 0 Å². The SMILES string of the molecule is CN(C)[C@@H](CNC(=O)C(=O)N1CCC[C@H](CO)C1)c1cccs1. The highest BCUT2D eigenvalue weighted by Gasteiger charge is 2.28. The summed E-state index contributed by atoms with van der Waals surface area (Å²) in [5.74, 6) is -0.972. The van der Waals surface area contributed by atoms with E-state index in [2.05, 4.69) is 5.32 Å². The Hall–Kier alpha value is -1.44.